The highest BCUT2D eigenvalue weighted by Gasteiger charge is 2.26. The van der Waals surface area contributed by atoms with Gasteiger partial charge in [0.2, 0.25) is 5.88 Å². The molecule has 10 nitrogen and oxygen atoms in total. The Labute approximate surface area is 249 Å². The molecule has 0 aliphatic rings. The maximum atomic E-state index is 14.7. The molecule has 0 fully saturated rings. The Morgan fingerprint density at radius 2 is 1.71 bits per heavy atom. The lowest BCUT2D eigenvalue weighted by atomic mass is 10.2. The molecule has 0 unspecified atom stereocenters. The van der Waals surface area contributed by atoms with Crippen molar-refractivity contribution in [2.24, 2.45) is 0 Å². The molecule has 0 atom stereocenters. The largest absolute Gasteiger partial charge is 0.480 e. The third-order valence-electron chi connectivity index (χ3n) is 6.38. The van der Waals surface area contributed by atoms with Crippen LogP contribution in [-0.4, -0.2) is 44.5 Å². The Bertz CT molecular complexity index is 1870. The molecule has 5 rings (SSSR count). The van der Waals surface area contributed by atoms with Crippen molar-refractivity contribution < 1.29 is 23.0 Å². The van der Waals surface area contributed by atoms with Gasteiger partial charge in [0.15, 0.2) is 5.82 Å². The second-order valence-electron chi connectivity index (χ2n) is 9.07. The van der Waals surface area contributed by atoms with E-state index < -0.39 is 35.5 Å². The second-order valence-corrected chi connectivity index (χ2v) is 11.4. The molecule has 216 valence electrons. The lowest BCUT2D eigenvalue weighted by Gasteiger charge is -2.17. The van der Waals surface area contributed by atoms with Crippen molar-refractivity contribution in [1.29, 1.82) is 0 Å². The van der Waals surface area contributed by atoms with Gasteiger partial charge >= 0.3 is 11.8 Å². The van der Waals surface area contributed by atoms with Crippen LogP contribution < -0.4 is 16.0 Å². The molecule has 14 heteroatoms. The Morgan fingerprint density at radius 3 is 2.36 bits per heavy atom. The zero-order valence-corrected chi connectivity index (χ0v) is 24.6. The molecular weight excluding hydrogens is 636 g/mol. The molecule has 0 aliphatic heterocycles. The average molecular weight is 658 g/mol. The van der Waals surface area contributed by atoms with Crippen molar-refractivity contribution in [3.8, 4) is 11.7 Å². The number of amides is 1. The number of hydrogen-bond donors (Lipinski definition) is 0. The fraction of sp³-hybridized carbons (Fsp3) is 0.179. The lowest BCUT2D eigenvalue weighted by molar-refractivity contribution is 0.103. The monoisotopic (exact) mass is 657 g/mol. The van der Waals surface area contributed by atoms with E-state index in [1.54, 1.807) is 0 Å². The van der Waals surface area contributed by atoms with Crippen LogP contribution in [-0.2, 0) is 24.4 Å². The highest BCUT2D eigenvalue weighted by atomic mass is 79.9. The van der Waals surface area contributed by atoms with Crippen LogP contribution in [0.15, 0.2) is 74.0 Å². The van der Waals surface area contributed by atoms with Gasteiger partial charge in [-0.05, 0) is 39.7 Å². The summed E-state index contributed by atoms with van der Waals surface area (Å²) in [6.07, 6.45) is -0.645. The highest BCUT2D eigenvalue weighted by Crippen LogP contribution is 2.34. The van der Waals surface area contributed by atoms with Crippen molar-refractivity contribution in [2.45, 2.75) is 19.7 Å². The summed E-state index contributed by atoms with van der Waals surface area (Å²) in [6.45, 7) is -0.546. The van der Waals surface area contributed by atoms with Crippen LogP contribution in [0.4, 0.5) is 13.6 Å². The lowest BCUT2D eigenvalue weighted by Crippen LogP contribution is -2.40. The first-order chi connectivity index (χ1) is 20.2. The van der Waals surface area contributed by atoms with Crippen LogP contribution >= 0.6 is 27.3 Å². The van der Waals surface area contributed by atoms with Gasteiger partial charge in [-0.15, -0.1) is 21.5 Å². The fourth-order valence-corrected chi connectivity index (χ4v) is 6.05. The van der Waals surface area contributed by atoms with Crippen molar-refractivity contribution in [3.63, 3.8) is 0 Å². The summed E-state index contributed by atoms with van der Waals surface area (Å²) in [4.78, 5) is 41.9. The summed E-state index contributed by atoms with van der Waals surface area (Å²) < 4.78 is 42.1. The molecule has 0 bridgehead atoms. The van der Waals surface area contributed by atoms with Crippen LogP contribution in [0, 0.1) is 11.6 Å². The summed E-state index contributed by atoms with van der Waals surface area (Å²) >= 11 is 4.48. The molecule has 2 aromatic carbocycles. The molecule has 1 amide bonds. The summed E-state index contributed by atoms with van der Waals surface area (Å²) in [7, 11) is 2.88. The second kappa shape index (κ2) is 12.2. The molecule has 0 saturated heterocycles. The minimum atomic E-state index is -0.884. The Balaban J connectivity index is 1.62. The molecule has 0 aliphatic carbocycles. The van der Waals surface area contributed by atoms with Gasteiger partial charge in [-0.25, -0.2) is 22.9 Å². The molecule has 0 spiro atoms. The number of rotatable bonds is 8. The zero-order valence-electron chi connectivity index (χ0n) is 22.2. The quantitative estimate of drug-likeness (QED) is 0.234. The maximum Gasteiger partial charge on any atom is 0.410 e. The smallest absolute Gasteiger partial charge is 0.410 e. The zero-order chi connectivity index (χ0) is 30.0. The van der Waals surface area contributed by atoms with E-state index in [-0.39, 0.29) is 40.6 Å². The number of hydrogen-bond acceptors (Lipinski definition) is 8. The van der Waals surface area contributed by atoms with Crippen LogP contribution in [0.2, 0.25) is 0 Å². The highest BCUT2D eigenvalue weighted by molar-refractivity contribution is 9.11. The van der Waals surface area contributed by atoms with Gasteiger partial charge in [0.05, 0.1) is 29.4 Å². The molecule has 0 radical (unpaired) electrons. The number of nitrogens with zero attached hydrogens (tertiary/aromatic N) is 5. The number of carbonyl (C=O) groups excluding carboxylic acids is 1. The topological polar surface area (TPSA) is 109 Å². The van der Waals surface area contributed by atoms with Crippen LogP contribution in [0.25, 0.3) is 16.0 Å². The number of thiophene rings is 1. The third-order valence-corrected chi connectivity index (χ3v) is 8.39. The van der Waals surface area contributed by atoms with Crippen LogP contribution in [0.1, 0.15) is 16.7 Å². The molecule has 42 heavy (non-hydrogen) atoms. The number of ether oxygens (including phenoxy) is 2. The molecule has 0 N–H and O–H groups in total. The van der Waals surface area contributed by atoms with Gasteiger partial charge in [0.25, 0.3) is 5.56 Å². The SMILES string of the molecule is COc1ccc(-n2c(=O)c3c(CN(C)C(=O)OCc4ccccc4)c(Br)sc3n(Cc3c(F)cccc3F)c2=O)nn1. The van der Waals surface area contributed by atoms with E-state index in [1.807, 2.05) is 30.3 Å². The van der Waals surface area contributed by atoms with E-state index in [1.165, 1.54) is 37.3 Å². The average Bonchev–Trinajstić information content (AvgIpc) is 3.31. The number of methoxy groups -OCH3 is 1. The van der Waals surface area contributed by atoms with E-state index in [9.17, 15) is 23.2 Å². The van der Waals surface area contributed by atoms with E-state index >= 15 is 0 Å². The van der Waals surface area contributed by atoms with Crippen LogP contribution in [0.3, 0.4) is 0 Å². The molecule has 0 saturated carbocycles. The van der Waals surface area contributed by atoms with Gasteiger partial charge in [-0.1, -0.05) is 36.4 Å². The maximum absolute atomic E-state index is 14.7. The third kappa shape index (κ3) is 5.67. The van der Waals surface area contributed by atoms with E-state index in [0.29, 0.717) is 9.35 Å². The van der Waals surface area contributed by atoms with Gasteiger partial charge in [-0.2, -0.15) is 0 Å². The van der Waals surface area contributed by atoms with E-state index in [2.05, 4.69) is 26.1 Å². The Kier molecular flexibility index (Phi) is 8.45. The summed E-state index contributed by atoms with van der Waals surface area (Å²) in [6, 6.07) is 15.3. The van der Waals surface area contributed by atoms with Crippen LogP contribution in [0.5, 0.6) is 5.88 Å². The van der Waals surface area contributed by atoms with E-state index in [4.69, 9.17) is 9.47 Å². The fourth-order valence-electron chi connectivity index (χ4n) is 4.24. The van der Waals surface area contributed by atoms with Gasteiger partial charge < -0.3 is 14.4 Å². The summed E-state index contributed by atoms with van der Waals surface area (Å²) in [5.74, 6) is -1.68. The van der Waals surface area contributed by atoms with Crippen molar-refractivity contribution in [1.82, 2.24) is 24.2 Å². The normalized spacial score (nSPS) is 11.1. The molecule has 3 aromatic heterocycles. The number of aromatic nitrogens is 4. The standard InChI is InChI=1S/C28H22BrF2N5O5S/c1-34(28(39)41-15-16-7-4-3-5-8-16)13-18-23-25(37)36(21-11-12-22(40-2)33-32-21)27(38)35(26(23)42-24(18)29)14-17-19(30)9-6-10-20(17)31/h3-12H,13-15H2,1-2H3. The summed E-state index contributed by atoms with van der Waals surface area (Å²) in [5.41, 5.74) is -0.820. The number of fused-ring (bicyclic) bond motifs is 1. The predicted octanol–water partition coefficient (Wildman–Crippen LogP) is 4.87. The minimum absolute atomic E-state index is 0.0479. The van der Waals surface area contributed by atoms with Gasteiger partial charge in [0.1, 0.15) is 23.1 Å². The number of carbonyl (C=O) groups is 1. The summed E-state index contributed by atoms with van der Waals surface area (Å²) in [5, 5.41) is 7.85. The molecular formula is C28H22BrF2N5O5S. The number of halogens is 3. The van der Waals surface area contributed by atoms with Gasteiger partial charge in [-0.3, -0.25) is 9.36 Å². The minimum Gasteiger partial charge on any atom is -0.480 e. The Morgan fingerprint density at radius 1 is 1.00 bits per heavy atom. The van der Waals surface area contributed by atoms with Crippen molar-refractivity contribution >= 4 is 43.6 Å². The van der Waals surface area contributed by atoms with E-state index in [0.717, 1.165) is 38.2 Å². The molecule has 5 aromatic rings. The van der Waals surface area contributed by atoms with Gasteiger partial charge in [0, 0.05) is 24.2 Å². The first kappa shape index (κ1) is 29.1. The first-order valence-electron chi connectivity index (χ1n) is 12.4. The van der Waals surface area contributed by atoms with Crippen molar-refractivity contribution in [2.75, 3.05) is 14.2 Å². The number of benzene rings is 2. The van der Waals surface area contributed by atoms with Crippen molar-refractivity contribution in [3.05, 3.63) is 114 Å². The predicted molar refractivity (Wildman–Crippen MR) is 155 cm³/mol. The molecule has 3 heterocycles. The Hall–Kier alpha value is -4.43. The first-order valence-corrected chi connectivity index (χ1v) is 14.0.